The molecule has 34 heavy (non-hydrogen) atoms. The summed E-state index contributed by atoms with van der Waals surface area (Å²) in [5.41, 5.74) is 2.28. The van der Waals surface area contributed by atoms with Crippen molar-refractivity contribution >= 4 is 23.4 Å². The molecule has 8 heteroatoms. The van der Waals surface area contributed by atoms with Crippen molar-refractivity contribution in [2.24, 2.45) is 0 Å². The van der Waals surface area contributed by atoms with Crippen LogP contribution in [0.2, 0.25) is 0 Å². The summed E-state index contributed by atoms with van der Waals surface area (Å²) in [5.74, 6) is -0.200. The fourth-order valence-electron chi connectivity index (χ4n) is 4.97. The molecule has 1 fully saturated rings. The Bertz CT molecular complexity index is 1250. The molecule has 3 heterocycles. The Morgan fingerprint density at radius 3 is 2.62 bits per heavy atom. The summed E-state index contributed by atoms with van der Waals surface area (Å²) in [6, 6.07) is 17.0. The van der Waals surface area contributed by atoms with Crippen LogP contribution in [-0.2, 0) is 16.1 Å². The van der Waals surface area contributed by atoms with E-state index in [9.17, 15) is 14.4 Å². The van der Waals surface area contributed by atoms with E-state index in [4.69, 9.17) is 0 Å². The smallest absolute Gasteiger partial charge is 0.257 e. The van der Waals surface area contributed by atoms with Crippen LogP contribution >= 0.6 is 0 Å². The minimum atomic E-state index is -0.752. The molecule has 0 aliphatic carbocycles. The normalized spacial score (nSPS) is 19.2. The van der Waals surface area contributed by atoms with Gasteiger partial charge in [-0.3, -0.25) is 19.3 Å². The van der Waals surface area contributed by atoms with Gasteiger partial charge in [-0.2, -0.15) is 5.10 Å². The minimum Gasteiger partial charge on any atom is -0.341 e. The highest BCUT2D eigenvalue weighted by Gasteiger charge is 2.52. The van der Waals surface area contributed by atoms with Gasteiger partial charge >= 0.3 is 0 Å². The van der Waals surface area contributed by atoms with Crippen LogP contribution in [-0.4, -0.2) is 56.6 Å². The number of hydrogen-bond acceptors (Lipinski definition) is 4. The Morgan fingerprint density at radius 2 is 1.82 bits per heavy atom. The number of rotatable bonds is 6. The highest BCUT2D eigenvalue weighted by Crippen LogP contribution is 2.43. The number of para-hydroxylation sites is 2. The third kappa shape index (κ3) is 3.65. The minimum absolute atomic E-state index is 0.00585. The van der Waals surface area contributed by atoms with Crippen LogP contribution in [0.15, 0.2) is 67.0 Å². The molecule has 8 nitrogen and oxygen atoms in total. The van der Waals surface area contributed by atoms with Crippen LogP contribution < -0.4 is 4.90 Å². The molecule has 174 valence electrons. The maximum atomic E-state index is 13.3. The first kappa shape index (κ1) is 21.9. The molecule has 2 aromatic carbocycles. The summed E-state index contributed by atoms with van der Waals surface area (Å²) in [7, 11) is 1.75. The zero-order valence-corrected chi connectivity index (χ0v) is 19.3. The van der Waals surface area contributed by atoms with Crippen LogP contribution in [0.5, 0.6) is 0 Å². The Labute approximate surface area is 198 Å². The predicted molar refractivity (Wildman–Crippen MR) is 127 cm³/mol. The average Bonchev–Trinajstić information content (AvgIpc) is 3.43. The summed E-state index contributed by atoms with van der Waals surface area (Å²) < 4.78 is 1.78. The van der Waals surface area contributed by atoms with E-state index >= 15 is 0 Å². The summed E-state index contributed by atoms with van der Waals surface area (Å²) >= 11 is 0. The topological polar surface area (TPSA) is 78.8 Å². The molecule has 1 atom stereocenters. The van der Waals surface area contributed by atoms with Gasteiger partial charge in [-0.15, -0.1) is 0 Å². The molecule has 3 aromatic rings. The van der Waals surface area contributed by atoms with E-state index in [-0.39, 0.29) is 30.7 Å². The van der Waals surface area contributed by atoms with Crippen LogP contribution in [0, 0.1) is 0 Å². The lowest BCUT2D eigenvalue weighted by atomic mass is 9.98. The SMILES string of the molecule is CN(Cc1cnn(-c2ccccc2)c1)C(=O)CCN1C(=O)c2ccccc2N2C(=O)CCC12C. The highest BCUT2D eigenvalue weighted by atomic mass is 16.2. The summed E-state index contributed by atoms with van der Waals surface area (Å²) in [6.07, 6.45) is 4.77. The molecule has 3 amide bonds. The van der Waals surface area contributed by atoms with Crippen LogP contribution in [0.25, 0.3) is 5.69 Å². The van der Waals surface area contributed by atoms with Gasteiger partial charge in [-0.1, -0.05) is 30.3 Å². The maximum absolute atomic E-state index is 13.3. The molecule has 0 bridgehead atoms. The quantitative estimate of drug-likeness (QED) is 0.569. The first-order chi connectivity index (χ1) is 16.4. The molecular weight excluding hydrogens is 430 g/mol. The van der Waals surface area contributed by atoms with Gasteiger partial charge in [0.25, 0.3) is 5.91 Å². The zero-order chi connectivity index (χ0) is 23.9. The standard InChI is InChI=1S/C26H27N5O3/c1-26-14-12-24(33)31(26)22-11-7-6-10-21(22)25(34)29(26)15-13-23(32)28(2)17-19-16-27-30(18-19)20-8-4-3-5-9-20/h3-11,16,18H,12-15,17H2,1-2H3. The van der Waals surface area contributed by atoms with E-state index < -0.39 is 5.66 Å². The first-order valence-corrected chi connectivity index (χ1v) is 11.5. The molecule has 0 saturated carbocycles. The summed E-state index contributed by atoms with van der Waals surface area (Å²) in [6.45, 7) is 2.59. The third-order valence-corrected chi connectivity index (χ3v) is 6.80. The van der Waals surface area contributed by atoms with E-state index in [0.717, 1.165) is 11.3 Å². The van der Waals surface area contributed by atoms with Gasteiger partial charge in [-0.25, -0.2) is 4.68 Å². The van der Waals surface area contributed by atoms with Crippen molar-refractivity contribution in [1.29, 1.82) is 0 Å². The monoisotopic (exact) mass is 457 g/mol. The van der Waals surface area contributed by atoms with Gasteiger partial charge in [0.2, 0.25) is 11.8 Å². The number of nitrogens with zero attached hydrogens (tertiary/aromatic N) is 5. The van der Waals surface area contributed by atoms with Gasteiger partial charge in [0.1, 0.15) is 5.66 Å². The fraction of sp³-hybridized carbons (Fsp3) is 0.308. The van der Waals surface area contributed by atoms with Crippen molar-refractivity contribution in [2.45, 2.75) is 38.4 Å². The van der Waals surface area contributed by atoms with Gasteiger partial charge in [-0.05, 0) is 37.6 Å². The van der Waals surface area contributed by atoms with E-state index in [1.165, 1.54) is 0 Å². The van der Waals surface area contributed by atoms with E-state index in [0.29, 0.717) is 30.6 Å². The van der Waals surface area contributed by atoms with E-state index in [1.807, 2.05) is 55.6 Å². The molecule has 1 unspecified atom stereocenters. The molecule has 1 saturated heterocycles. The second kappa shape index (κ2) is 8.44. The number of anilines is 1. The molecule has 5 rings (SSSR count). The molecule has 0 radical (unpaired) electrons. The lowest BCUT2D eigenvalue weighted by Gasteiger charge is -2.48. The maximum Gasteiger partial charge on any atom is 0.257 e. The van der Waals surface area contributed by atoms with Crippen molar-refractivity contribution in [2.75, 3.05) is 18.5 Å². The lowest BCUT2D eigenvalue weighted by molar-refractivity contribution is -0.130. The average molecular weight is 458 g/mol. The highest BCUT2D eigenvalue weighted by molar-refractivity contribution is 6.10. The van der Waals surface area contributed by atoms with Gasteiger partial charge in [0.15, 0.2) is 0 Å². The number of carbonyl (C=O) groups excluding carboxylic acids is 3. The van der Waals surface area contributed by atoms with Crippen molar-refractivity contribution in [3.8, 4) is 5.69 Å². The van der Waals surface area contributed by atoms with Crippen molar-refractivity contribution in [1.82, 2.24) is 19.6 Å². The molecule has 0 spiro atoms. The number of benzene rings is 2. The van der Waals surface area contributed by atoms with Crippen LogP contribution in [0.4, 0.5) is 5.69 Å². The van der Waals surface area contributed by atoms with E-state index in [1.54, 1.807) is 44.8 Å². The van der Waals surface area contributed by atoms with Gasteiger partial charge in [0.05, 0.1) is 23.1 Å². The second-order valence-electron chi connectivity index (χ2n) is 9.05. The molecule has 0 N–H and O–H groups in total. The van der Waals surface area contributed by atoms with Crippen molar-refractivity contribution in [3.63, 3.8) is 0 Å². The summed E-state index contributed by atoms with van der Waals surface area (Å²) in [5, 5.41) is 4.39. The van der Waals surface area contributed by atoms with Crippen LogP contribution in [0.1, 0.15) is 42.1 Å². The van der Waals surface area contributed by atoms with E-state index in [2.05, 4.69) is 5.10 Å². The molecule has 1 aromatic heterocycles. The van der Waals surface area contributed by atoms with Crippen molar-refractivity contribution in [3.05, 3.63) is 78.1 Å². The zero-order valence-electron chi connectivity index (χ0n) is 19.3. The Hall–Kier alpha value is -3.94. The number of hydrogen-bond donors (Lipinski definition) is 0. The Balaban J connectivity index is 1.27. The molecular formula is C26H27N5O3. The molecule has 2 aliphatic rings. The number of amides is 3. The second-order valence-corrected chi connectivity index (χ2v) is 9.05. The van der Waals surface area contributed by atoms with Gasteiger partial charge < -0.3 is 9.80 Å². The largest absolute Gasteiger partial charge is 0.341 e. The Morgan fingerprint density at radius 1 is 1.09 bits per heavy atom. The number of carbonyl (C=O) groups is 3. The fourth-order valence-corrected chi connectivity index (χ4v) is 4.97. The van der Waals surface area contributed by atoms with Crippen LogP contribution in [0.3, 0.4) is 0 Å². The first-order valence-electron chi connectivity index (χ1n) is 11.5. The van der Waals surface area contributed by atoms with Gasteiger partial charge in [0, 0.05) is 44.7 Å². The number of fused-ring (bicyclic) bond motifs is 3. The van der Waals surface area contributed by atoms with Crippen molar-refractivity contribution < 1.29 is 14.4 Å². The summed E-state index contributed by atoms with van der Waals surface area (Å²) in [4.78, 5) is 44.1. The third-order valence-electron chi connectivity index (χ3n) is 6.80. The lowest BCUT2D eigenvalue weighted by Crippen LogP contribution is -2.62. The predicted octanol–water partition coefficient (Wildman–Crippen LogP) is 3.22. The molecule has 2 aliphatic heterocycles. The number of aromatic nitrogens is 2. The Kier molecular flexibility index (Phi) is 5.43.